The van der Waals surface area contributed by atoms with Gasteiger partial charge in [-0.25, -0.2) is 0 Å². The normalized spacial score (nSPS) is 10.6. The van der Waals surface area contributed by atoms with Gasteiger partial charge in [-0.1, -0.05) is 13.8 Å². The van der Waals surface area contributed by atoms with E-state index < -0.39 is 0 Å². The van der Waals surface area contributed by atoms with Gasteiger partial charge in [-0.3, -0.25) is 4.98 Å². The molecule has 15 heavy (non-hydrogen) atoms. The van der Waals surface area contributed by atoms with E-state index >= 15 is 0 Å². The molecule has 0 aliphatic carbocycles. The molecule has 1 rings (SSSR count). The van der Waals surface area contributed by atoms with Crippen LogP contribution in [0.15, 0.2) is 24.5 Å². The molecule has 0 bridgehead atoms. The molecule has 0 radical (unpaired) electrons. The van der Waals surface area contributed by atoms with Crippen LogP contribution in [0.1, 0.15) is 20.3 Å². The molecule has 84 valence electrons. The number of pyridine rings is 1. The third-order valence-corrected chi connectivity index (χ3v) is 2.09. The third kappa shape index (κ3) is 6.07. The minimum absolute atomic E-state index is 0.734. The van der Waals surface area contributed by atoms with E-state index in [0.717, 1.165) is 37.7 Å². The maximum absolute atomic E-state index is 3.97. The standard InChI is InChI=1S/C12H21N3/c1-11(2)10-14-6-3-7-15-12-4-8-13-9-5-12/h4-5,8-9,11,14H,3,6-7,10H2,1-2H3,(H,13,15). The second-order valence-corrected chi connectivity index (χ2v) is 4.11. The number of aromatic nitrogens is 1. The lowest BCUT2D eigenvalue weighted by Gasteiger charge is -2.08. The number of anilines is 1. The van der Waals surface area contributed by atoms with Crippen LogP contribution in [0.4, 0.5) is 5.69 Å². The predicted octanol–water partition coefficient (Wildman–Crippen LogP) is 2.13. The maximum atomic E-state index is 3.97. The van der Waals surface area contributed by atoms with Crippen molar-refractivity contribution in [2.24, 2.45) is 5.92 Å². The van der Waals surface area contributed by atoms with Gasteiger partial charge < -0.3 is 10.6 Å². The summed E-state index contributed by atoms with van der Waals surface area (Å²) < 4.78 is 0. The van der Waals surface area contributed by atoms with Crippen LogP contribution in [0.3, 0.4) is 0 Å². The van der Waals surface area contributed by atoms with Crippen LogP contribution in [0.5, 0.6) is 0 Å². The van der Waals surface area contributed by atoms with Gasteiger partial charge in [-0.15, -0.1) is 0 Å². The highest BCUT2D eigenvalue weighted by Crippen LogP contribution is 2.02. The van der Waals surface area contributed by atoms with E-state index in [1.54, 1.807) is 12.4 Å². The Morgan fingerprint density at radius 3 is 2.60 bits per heavy atom. The van der Waals surface area contributed by atoms with Gasteiger partial charge in [-0.2, -0.15) is 0 Å². The fourth-order valence-corrected chi connectivity index (χ4v) is 1.31. The van der Waals surface area contributed by atoms with Crippen molar-refractivity contribution in [3.8, 4) is 0 Å². The number of nitrogens with one attached hydrogen (secondary N) is 2. The van der Waals surface area contributed by atoms with Crippen LogP contribution in [0, 0.1) is 5.92 Å². The lowest BCUT2D eigenvalue weighted by atomic mass is 10.2. The average molecular weight is 207 g/mol. The minimum Gasteiger partial charge on any atom is -0.385 e. The second-order valence-electron chi connectivity index (χ2n) is 4.11. The van der Waals surface area contributed by atoms with Gasteiger partial charge in [0.2, 0.25) is 0 Å². The summed E-state index contributed by atoms with van der Waals surface area (Å²) in [6, 6.07) is 3.98. The van der Waals surface area contributed by atoms with E-state index in [4.69, 9.17) is 0 Å². The van der Waals surface area contributed by atoms with Crippen molar-refractivity contribution in [1.82, 2.24) is 10.3 Å². The Hall–Kier alpha value is -1.09. The fraction of sp³-hybridized carbons (Fsp3) is 0.583. The molecule has 3 heteroatoms. The largest absolute Gasteiger partial charge is 0.385 e. The number of nitrogens with zero attached hydrogens (tertiary/aromatic N) is 1. The molecule has 0 aliphatic heterocycles. The molecule has 1 heterocycles. The molecule has 1 aromatic rings. The SMILES string of the molecule is CC(C)CNCCCNc1ccncc1. The number of hydrogen-bond acceptors (Lipinski definition) is 3. The van der Waals surface area contributed by atoms with Crippen LogP contribution < -0.4 is 10.6 Å². The van der Waals surface area contributed by atoms with Crippen LogP contribution in [-0.4, -0.2) is 24.6 Å². The molecule has 0 saturated heterocycles. The maximum Gasteiger partial charge on any atom is 0.0371 e. The molecular weight excluding hydrogens is 186 g/mol. The Morgan fingerprint density at radius 2 is 1.93 bits per heavy atom. The third-order valence-electron chi connectivity index (χ3n) is 2.09. The zero-order chi connectivity index (χ0) is 10.9. The quantitative estimate of drug-likeness (QED) is 0.673. The highest BCUT2D eigenvalue weighted by atomic mass is 14.9. The molecule has 0 amide bonds. The van der Waals surface area contributed by atoms with Crippen molar-refractivity contribution in [2.45, 2.75) is 20.3 Å². The highest BCUT2D eigenvalue weighted by Gasteiger charge is 1.93. The van der Waals surface area contributed by atoms with Gasteiger partial charge in [0.15, 0.2) is 0 Å². The van der Waals surface area contributed by atoms with Gasteiger partial charge in [0, 0.05) is 24.6 Å². The topological polar surface area (TPSA) is 37.0 Å². The first kappa shape index (κ1) is 12.0. The molecule has 0 fully saturated rings. The highest BCUT2D eigenvalue weighted by molar-refractivity contribution is 5.40. The summed E-state index contributed by atoms with van der Waals surface area (Å²) in [5.41, 5.74) is 1.15. The Bertz CT molecular complexity index is 246. The first-order valence-corrected chi connectivity index (χ1v) is 5.63. The van der Waals surface area contributed by atoms with Crippen molar-refractivity contribution in [1.29, 1.82) is 0 Å². The molecule has 0 unspecified atom stereocenters. The molecule has 0 atom stereocenters. The minimum atomic E-state index is 0.734. The van der Waals surface area contributed by atoms with E-state index in [1.165, 1.54) is 0 Å². The smallest absolute Gasteiger partial charge is 0.0371 e. The van der Waals surface area contributed by atoms with Crippen molar-refractivity contribution in [3.63, 3.8) is 0 Å². The first-order chi connectivity index (χ1) is 7.29. The van der Waals surface area contributed by atoms with Crippen molar-refractivity contribution in [2.75, 3.05) is 25.0 Å². The van der Waals surface area contributed by atoms with Crippen LogP contribution >= 0.6 is 0 Å². The second kappa shape index (κ2) is 7.23. The molecule has 0 spiro atoms. The van der Waals surface area contributed by atoms with Gasteiger partial charge in [-0.05, 0) is 37.6 Å². The number of hydrogen-bond donors (Lipinski definition) is 2. The molecule has 0 aromatic carbocycles. The predicted molar refractivity (Wildman–Crippen MR) is 65.1 cm³/mol. The van der Waals surface area contributed by atoms with Gasteiger partial charge >= 0.3 is 0 Å². The zero-order valence-corrected chi connectivity index (χ0v) is 9.66. The summed E-state index contributed by atoms with van der Waals surface area (Å²) in [6.07, 6.45) is 4.76. The summed E-state index contributed by atoms with van der Waals surface area (Å²) in [5, 5.41) is 6.77. The van der Waals surface area contributed by atoms with Crippen molar-refractivity contribution < 1.29 is 0 Å². The monoisotopic (exact) mass is 207 g/mol. The lowest BCUT2D eigenvalue weighted by molar-refractivity contribution is 0.547. The number of rotatable bonds is 7. The Balaban J connectivity index is 1.98. The summed E-state index contributed by atoms with van der Waals surface area (Å²) >= 11 is 0. The van der Waals surface area contributed by atoms with Crippen molar-refractivity contribution >= 4 is 5.69 Å². The lowest BCUT2D eigenvalue weighted by Crippen LogP contribution is -2.22. The Morgan fingerprint density at radius 1 is 1.20 bits per heavy atom. The Kier molecular flexibility index (Phi) is 5.78. The molecule has 0 aliphatic rings. The molecule has 0 saturated carbocycles. The van der Waals surface area contributed by atoms with E-state index in [9.17, 15) is 0 Å². The average Bonchev–Trinajstić information content (AvgIpc) is 2.24. The van der Waals surface area contributed by atoms with Crippen LogP contribution in [0.25, 0.3) is 0 Å². The summed E-state index contributed by atoms with van der Waals surface area (Å²) in [7, 11) is 0. The van der Waals surface area contributed by atoms with E-state index in [-0.39, 0.29) is 0 Å². The molecule has 1 aromatic heterocycles. The summed E-state index contributed by atoms with van der Waals surface area (Å²) in [4.78, 5) is 3.97. The van der Waals surface area contributed by atoms with Gasteiger partial charge in [0.05, 0.1) is 0 Å². The van der Waals surface area contributed by atoms with Gasteiger partial charge in [0.25, 0.3) is 0 Å². The molecule has 2 N–H and O–H groups in total. The molecular formula is C12H21N3. The van der Waals surface area contributed by atoms with Crippen molar-refractivity contribution in [3.05, 3.63) is 24.5 Å². The van der Waals surface area contributed by atoms with E-state index in [2.05, 4.69) is 29.5 Å². The Labute approximate surface area is 92.3 Å². The van der Waals surface area contributed by atoms with E-state index in [1.807, 2.05) is 12.1 Å². The van der Waals surface area contributed by atoms with Crippen LogP contribution in [0.2, 0.25) is 0 Å². The van der Waals surface area contributed by atoms with Gasteiger partial charge in [0.1, 0.15) is 0 Å². The molecule has 3 nitrogen and oxygen atoms in total. The summed E-state index contributed by atoms with van der Waals surface area (Å²) in [6.45, 7) is 7.64. The summed E-state index contributed by atoms with van der Waals surface area (Å²) in [5.74, 6) is 0.734. The van der Waals surface area contributed by atoms with E-state index in [0.29, 0.717) is 0 Å². The first-order valence-electron chi connectivity index (χ1n) is 5.63. The van der Waals surface area contributed by atoms with Crippen LogP contribution in [-0.2, 0) is 0 Å². The fourth-order valence-electron chi connectivity index (χ4n) is 1.31. The zero-order valence-electron chi connectivity index (χ0n) is 9.66.